The number of rotatable bonds is 5. The minimum Gasteiger partial charge on any atom is -0.339 e. The SMILES string of the molecule is CN1C(=O)C(Cc2ccccn2)N(C2CCCC2)c2nc(Nc3ccc4n[nH]nc4c3)ncc21. The lowest BCUT2D eigenvalue weighted by molar-refractivity contribution is -0.120. The quantitative estimate of drug-likeness (QED) is 0.471. The number of fused-ring (bicyclic) bond motifs is 2. The number of benzene rings is 1. The number of aromatic amines is 1. The van der Waals surface area contributed by atoms with Crippen molar-refractivity contribution in [3.63, 3.8) is 0 Å². The van der Waals surface area contributed by atoms with E-state index in [1.807, 2.05) is 36.4 Å². The third-order valence-electron chi connectivity index (χ3n) is 6.73. The van der Waals surface area contributed by atoms with Crippen LogP contribution < -0.4 is 15.1 Å². The number of carbonyl (C=O) groups is 1. The van der Waals surface area contributed by atoms with Crippen molar-refractivity contribution in [2.45, 2.75) is 44.2 Å². The number of anilines is 4. The van der Waals surface area contributed by atoms with Gasteiger partial charge in [-0.05, 0) is 43.2 Å². The number of aromatic nitrogens is 6. The number of nitrogens with zero attached hydrogens (tertiary/aromatic N) is 7. The van der Waals surface area contributed by atoms with Crippen molar-refractivity contribution in [3.05, 3.63) is 54.5 Å². The van der Waals surface area contributed by atoms with Crippen molar-refractivity contribution in [3.8, 4) is 0 Å². The highest BCUT2D eigenvalue weighted by Gasteiger charge is 2.42. The van der Waals surface area contributed by atoms with Gasteiger partial charge in [-0.2, -0.15) is 20.4 Å². The molecule has 4 aromatic rings. The second kappa shape index (κ2) is 8.36. The van der Waals surface area contributed by atoms with Gasteiger partial charge in [-0.15, -0.1) is 0 Å². The number of nitrogens with one attached hydrogen (secondary N) is 2. The Morgan fingerprint density at radius 1 is 1.09 bits per heavy atom. The molecule has 1 aliphatic carbocycles. The summed E-state index contributed by atoms with van der Waals surface area (Å²) in [6, 6.07) is 11.4. The predicted molar refractivity (Wildman–Crippen MR) is 129 cm³/mol. The highest BCUT2D eigenvalue weighted by molar-refractivity contribution is 6.04. The number of pyridine rings is 1. The van der Waals surface area contributed by atoms with Crippen LogP contribution in [0.25, 0.3) is 11.0 Å². The molecule has 1 amide bonds. The average molecular weight is 456 g/mol. The molecular formula is C24H25N9O. The lowest BCUT2D eigenvalue weighted by atomic mass is 10.0. The molecule has 1 fully saturated rings. The maximum absolute atomic E-state index is 13.5. The number of amides is 1. The molecule has 0 saturated heterocycles. The number of hydrogen-bond donors (Lipinski definition) is 2. The van der Waals surface area contributed by atoms with Crippen molar-refractivity contribution in [2.24, 2.45) is 0 Å². The molecular weight excluding hydrogens is 430 g/mol. The molecule has 1 atom stereocenters. The van der Waals surface area contributed by atoms with Crippen molar-refractivity contribution >= 4 is 40.1 Å². The molecule has 0 bridgehead atoms. The van der Waals surface area contributed by atoms with Gasteiger partial charge in [0.15, 0.2) is 5.82 Å². The Bertz CT molecular complexity index is 1330. The molecule has 1 aromatic carbocycles. The average Bonchev–Trinajstić information content (AvgIpc) is 3.55. The van der Waals surface area contributed by atoms with Gasteiger partial charge < -0.3 is 15.1 Å². The second-order valence-electron chi connectivity index (χ2n) is 8.84. The van der Waals surface area contributed by atoms with E-state index >= 15 is 0 Å². The first kappa shape index (κ1) is 20.5. The van der Waals surface area contributed by atoms with Gasteiger partial charge in [0.05, 0.1) is 6.20 Å². The molecule has 10 nitrogen and oxygen atoms in total. The molecule has 2 aliphatic rings. The Labute approximate surface area is 196 Å². The van der Waals surface area contributed by atoms with Gasteiger partial charge in [0.1, 0.15) is 22.8 Å². The minimum absolute atomic E-state index is 0.0471. The maximum atomic E-state index is 13.5. The van der Waals surface area contributed by atoms with Crippen LogP contribution in [0.2, 0.25) is 0 Å². The van der Waals surface area contributed by atoms with Gasteiger partial charge in [0.2, 0.25) is 11.9 Å². The van der Waals surface area contributed by atoms with Crippen LogP contribution in [-0.2, 0) is 11.2 Å². The van der Waals surface area contributed by atoms with E-state index in [1.54, 1.807) is 24.3 Å². The summed E-state index contributed by atoms with van der Waals surface area (Å²) >= 11 is 0. The molecule has 1 saturated carbocycles. The smallest absolute Gasteiger partial charge is 0.250 e. The van der Waals surface area contributed by atoms with Gasteiger partial charge >= 0.3 is 0 Å². The molecule has 6 rings (SSSR count). The van der Waals surface area contributed by atoms with Crippen LogP contribution in [0, 0.1) is 0 Å². The summed E-state index contributed by atoms with van der Waals surface area (Å²) < 4.78 is 0. The third-order valence-corrected chi connectivity index (χ3v) is 6.73. The molecule has 3 aromatic heterocycles. The fourth-order valence-electron chi connectivity index (χ4n) is 5.02. The summed E-state index contributed by atoms with van der Waals surface area (Å²) in [5.74, 6) is 1.31. The zero-order valence-electron chi connectivity index (χ0n) is 18.8. The third kappa shape index (κ3) is 3.60. The molecule has 1 aliphatic heterocycles. The van der Waals surface area contributed by atoms with E-state index in [0.29, 0.717) is 12.4 Å². The number of H-pyrrole nitrogens is 1. The zero-order chi connectivity index (χ0) is 23.1. The van der Waals surface area contributed by atoms with Crippen molar-refractivity contribution in [1.29, 1.82) is 0 Å². The van der Waals surface area contributed by atoms with Crippen LogP contribution in [0.1, 0.15) is 31.4 Å². The molecule has 4 heterocycles. The minimum atomic E-state index is -0.357. The van der Waals surface area contributed by atoms with E-state index in [-0.39, 0.29) is 18.0 Å². The summed E-state index contributed by atoms with van der Waals surface area (Å²) in [7, 11) is 1.80. The largest absolute Gasteiger partial charge is 0.339 e. The summed E-state index contributed by atoms with van der Waals surface area (Å²) in [5.41, 5.74) is 4.00. The summed E-state index contributed by atoms with van der Waals surface area (Å²) in [6.45, 7) is 0. The topological polar surface area (TPSA) is 116 Å². The Balaban J connectivity index is 1.38. The normalized spacial score (nSPS) is 18.5. The van der Waals surface area contributed by atoms with E-state index in [9.17, 15) is 4.79 Å². The molecule has 172 valence electrons. The number of hydrogen-bond acceptors (Lipinski definition) is 8. The van der Waals surface area contributed by atoms with Gasteiger partial charge in [-0.25, -0.2) is 4.98 Å². The van der Waals surface area contributed by atoms with Gasteiger partial charge in [-0.3, -0.25) is 9.78 Å². The van der Waals surface area contributed by atoms with Crippen LogP contribution in [-0.4, -0.2) is 55.4 Å². The summed E-state index contributed by atoms with van der Waals surface area (Å²) in [4.78, 5) is 31.3. The van der Waals surface area contributed by atoms with Gasteiger partial charge in [-0.1, -0.05) is 18.9 Å². The second-order valence-corrected chi connectivity index (χ2v) is 8.84. The van der Waals surface area contributed by atoms with Crippen LogP contribution >= 0.6 is 0 Å². The zero-order valence-corrected chi connectivity index (χ0v) is 18.8. The molecule has 2 N–H and O–H groups in total. The number of carbonyl (C=O) groups excluding carboxylic acids is 1. The molecule has 10 heteroatoms. The molecule has 34 heavy (non-hydrogen) atoms. The van der Waals surface area contributed by atoms with E-state index in [2.05, 4.69) is 35.6 Å². The number of likely N-dealkylation sites (N-methyl/N-ethyl adjacent to an activating group) is 1. The summed E-state index contributed by atoms with van der Waals surface area (Å²) in [6.07, 6.45) is 8.45. The van der Waals surface area contributed by atoms with Crippen LogP contribution in [0.15, 0.2) is 48.8 Å². The fourth-order valence-corrected chi connectivity index (χ4v) is 5.02. The highest BCUT2D eigenvalue weighted by Crippen LogP contribution is 2.40. The summed E-state index contributed by atoms with van der Waals surface area (Å²) in [5, 5.41) is 14.2. The molecule has 0 radical (unpaired) electrons. The van der Waals surface area contributed by atoms with Crippen molar-refractivity contribution in [2.75, 3.05) is 22.2 Å². The molecule has 0 spiro atoms. The van der Waals surface area contributed by atoms with Crippen LogP contribution in [0.4, 0.5) is 23.1 Å². The van der Waals surface area contributed by atoms with E-state index < -0.39 is 0 Å². The van der Waals surface area contributed by atoms with Gasteiger partial charge in [0.25, 0.3) is 0 Å². The fraction of sp³-hybridized carbons (Fsp3) is 0.333. The highest BCUT2D eigenvalue weighted by atomic mass is 16.2. The first-order valence-corrected chi connectivity index (χ1v) is 11.6. The molecule has 1 unspecified atom stereocenters. The standard InChI is InChI=1S/C24H25N9O/c1-32-21-14-26-24(27-16-9-10-18-19(12-16)30-31-29-18)28-22(21)33(17-7-2-3-8-17)20(23(32)34)13-15-6-4-5-11-25-15/h4-6,9-12,14,17,20H,2-3,7-8,13H2,1H3,(H,26,27,28)(H,29,30,31). The van der Waals surface area contributed by atoms with Crippen LogP contribution in [0.5, 0.6) is 0 Å². The lowest BCUT2D eigenvalue weighted by Crippen LogP contribution is -2.57. The van der Waals surface area contributed by atoms with E-state index in [1.165, 1.54) is 0 Å². The van der Waals surface area contributed by atoms with Gasteiger partial charge in [0, 0.05) is 37.1 Å². The Kier molecular flexibility index (Phi) is 5.05. The first-order valence-electron chi connectivity index (χ1n) is 11.6. The Morgan fingerprint density at radius 2 is 1.94 bits per heavy atom. The predicted octanol–water partition coefficient (Wildman–Crippen LogP) is 3.22. The Hall–Kier alpha value is -4.08. The van der Waals surface area contributed by atoms with E-state index in [4.69, 9.17) is 4.98 Å². The van der Waals surface area contributed by atoms with Crippen LogP contribution in [0.3, 0.4) is 0 Å². The van der Waals surface area contributed by atoms with Crippen molar-refractivity contribution < 1.29 is 4.79 Å². The monoisotopic (exact) mass is 455 g/mol. The maximum Gasteiger partial charge on any atom is 0.250 e. The Morgan fingerprint density at radius 3 is 2.76 bits per heavy atom. The lowest BCUT2D eigenvalue weighted by Gasteiger charge is -2.43. The van der Waals surface area contributed by atoms with Crippen molar-refractivity contribution in [1.82, 2.24) is 30.4 Å². The van der Waals surface area contributed by atoms with E-state index in [0.717, 1.165) is 59.6 Å². The first-order chi connectivity index (χ1) is 16.7.